The van der Waals surface area contributed by atoms with E-state index in [1.165, 1.54) is 13.2 Å². The Morgan fingerprint density at radius 1 is 1.22 bits per heavy atom. The lowest BCUT2D eigenvalue weighted by Gasteiger charge is -2.08. The summed E-state index contributed by atoms with van der Waals surface area (Å²) in [5.41, 5.74) is 1.91. The third-order valence-electron chi connectivity index (χ3n) is 3.22. The van der Waals surface area contributed by atoms with Gasteiger partial charge in [0, 0.05) is 5.69 Å². The van der Waals surface area contributed by atoms with E-state index in [2.05, 4.69) is 9.72 Å². The standard InChI is InChI=1S/C16H16ClNO5/c1-8-5-9(2)18-14(17)13(8)16(20)22-7-11-6-12(10(3)23-11)15(19)21-4/h5-6H,7H2,1-4H3. The van der Waals surface area contributed by atoms with Crippen molar-refractivity contribution in [3.05, 3.63) is 51.2 Å². The molecule has 0 spiro atoms. The number of aryl methyl sites for hydroxylation is 3. The quantitative estimate of drug-likeness (QED) is 0.628. The van der Waals surface area contributed by atoms with E-state index in [0.29, 0.717) is 28.3 Å². The van der Waals surface area contributed by atoms with E-state index in [1.54, 1.807) is 26.8 Å². The molecule has 0 fully saturated rings. The number of esters is 2. The van der Waals surface area contributed by atoms with Crippen LogP contribution in [0.25, 0.3) is 0 Å². The van der Waals surface area contributed by atoms with E-state index in [9.17, 15) is 9.59 Å². The largest absolute Gasteiger partial charge is 0.465 e. The molecule has 6 nitrogen and oxygen atoms in total. The number of furan rings is 1. The van der Waals surface area contributed by atoms with Gasteiger partial charge in [-0.3, -0.25) is 0 Å². The lowest BCUT2D eigenvalue weighted by molar-refractivity contribution is 0.0442. The van der Waals surface area contributed by atoms with Crippen LogP contribution in [0.15, 0.2) is 16.5 Å². The second-order valence-electron chi connectivity index (χ2n) is 5.00. The molecule has 2 heterocycles. The average Bonchev–Trinajstić information content (AvgIpc) is 2.84. The first-order chi connectivity index (χ1) is 10.8. The molecule has 0 aromatic carbocycles. The summed E-state index contributed by atoms with van der Waals surface area (Å²) in [6.45, 7) is 5.04. The first-order valence-electron chi connectivity index (χ1n) is 6.82. The molecule has 0 aliphatic carbocycles. The molecular formula is C16H16ClNO5. The highest BCUT2D eigenvalue weighted by molar-refractivity contribution is 6.32. The number of methoxy groups -OCH3 is 1. The van der Waals surface area contributed by atoms with Gasteiger partial charge in [-0.2, -0.15) is 0 Å². The lowest BCUT2D eigenvalue weighted by Crippen LogP contribution is -2.09. The average molecular weight is 338 g/mol. The van der Waals surface area contributed by atoms with Gasteiger partial charge in [0.2, 0.25) is 0 Å². The number of pyridine rings is 1. The maximum atomic E-state index is 12.2. The van der Waals surface area contributed by atoms with E-state index < -0.39 is 11.9 Å². The number of halogens is 1. The van der Waals surface area contributed by atoms with Crippen LogP contribution in [0.1, 0.15) is 43.5 Å². The van der Waals surface area contributed by atoms with Crippen LogP contribution in [-0.2, 0) is 16.1 Å². The first kappa shape index (κ1) is 17.0. The van der Waals surface area contributed by atoms with Gasteiger partial charge < -0.3 is 13.9 Å². The Morgan fingerprint density at radius 2 is 1.91 bits per heavy atom. The molecule has 0 bridgehead atoms. The molecule has 2 aromatic heterocycles. The summed E-state index contributed by atoms with van der Waals surface area (Å²) in [6, 6.07) is 3.23. The van der Waals surface area contributed by atoms with Crippen molar-refractivity contribution in [2.75, 3.05) is 7.11 Å². The van der Waals surface area contributed by atoms with Crippen molar-refractivity contribution in [2.45, 2.75) is 27.4 Å². The second-order valence-corrected chi connectivity index (χ2v) is 5.35. The smallest absolute Gasteiger partial charge is 0.342 e. The van der Waals surface area contributed by atoms with Crippen molar-refractivity contribution in [3.8, 4) is 0 Å². The normalized spacial score (nSPS) is 10.5. The van der Waals surface area contributed by atoms with Gasteiger partial charge in [-0.1, -0.05) is 11.6 Å². The summed E-state index contributed by atoms with van der Waals surface area (Å²) in [6.07, 6.45) is 0. The number of hydrogen-bond acceptors (Lipinski definition) is 6. The van der Waals surface area contributed by atoms with Gasteiger partial charge in [0.05, 0.1) is 12.7 Å². The number of rotatable bonds is 4. The molecule has 0 amide bonds. The van der Waals surface area contributed by atoms with E-state index in [0.717, 1.165) is 0 Å². The van der Waals surface area contributed by atoms with Crippen LogP contribution in [-0.4, -0.2) is 24.0 Å². The Labute approximate surface area is 138 Å². The number of nitrogens with zero attached hydrogens (tertiary/aromatic N) is 1. The van der Waals surface area contributed by atoms with E-state index in [1.807, 2.05) is 0 Å². The van der Waals surface area contributed by atoms with Gasteiger partial charge in [-0.25, -0.2) is 14.6 Å². The van der Waals surface area contributed by atoms with E-state index in [4.69, 9.17) is 20.8 Å². The lowest BCUT2D eigenvalue weighted by atomic mass is 10.1. The Hall–Kier alpha value is -2.34. The van der Waals surface area contributed by atoms with Crippen LogP contribution in [0, 0.1) is 20.8 Å². The minimum absolute atomic E-state index is 0.0957. The van der Waals surface area contributed by atoms with E-state index >= 15 is 0 Å². The Morgan fingerprint density at radius 3 is 2.52 bits per heavy atom. The zero-order chi connectivity index (χ0) is 17.1. The Balaban J connectivity index is 2.13. The molecule has 0 atom stereocenters. The number of carbonyl (C=O) groups excluding carboxylic acids is 2. The van der Waals surface area contributed by atoms with Gasteiger partial charge in [0.1, 0.15) is 28.8 Å². The molecule has 0 saturated carbocycles. The number of aromatic nitrogens is 1. The van der Waals surface area contributed by atoms with Gasteiger partial charge >= 0.3 is 11.9 Å². The fraction of sp³-hybridized carbons (Fsp3) is 0.312. The molecule has 0 aliphatic rings. The minimum Gasteiger partial charge on any atom is -0.465 e. The molecule has 0 N–H and O–H groups in total. The maximum Gasteiger partial charge on any atom is 0.342 e. The third kappa shape index (κ3) is 3.71. The highest BCUT2D eigenvalue weighted by Gasteiger charge is 2.19. The van der Waals surface area contributed by atoms with Gasteiger partial charge in [-0.15, -0.1) is 0 Å². The molecule has 122 valence electrons. The molecule has 7 heteroatoms. The number of hydrogen-bond donors (Lipinski definition) is 0. The van der Waals surface area contributed by atoms with Crippen molar-refractivity contribution >= 4 is 23.5 Å². The minimum atomic E-state index is -0.603. The molecule has 2 rings (SSSR count). The van der Waals surface area contributed by atoms with Crippen LogP contribution in [0.4, 0.5) is 0 Å². The summed E-state index contributed by atoms with van der Waals surface area (Å²) in [5.74, 6) is -0.377. The topological polar surface area (TPSA) is 78.6 Å². The third-order valence-corrected chi connectivity index (χ3v) is 3.50. The predicted molar refractivity (Wildman–Crippen MR) is 82.6 cm³/mol. The molecule has 0 unspecified atom stereocenters. The summed E-state index contributed by atoms with van der Waals surface area (Å²) in [5, 5.41) is 0.0957. The van der Waals surface area contributed by atoms with Crippen molar-refractivity contribution < 1.29 is 23.5 Å². The van der Waals surface area contributed by atoms with Crippen LogP contribution in [0.5, 0.6) is 0 Å². The highest BCUT2D eigenvalue weighted by atomic mass is 35.5. The Bertz CT molecular complexity index is 743. The van der Waals surface area contributed by atoms with E-state index in [-0.39, 0.29) is 17.3 Å². The zero-order valence-corrected chi connectivity index (χ0v) is 14.0. The van der Waals surface area contributed by atoms with Crippen LogP contribution in [0.2, 0.25) is 5.15 Å². The maximum absolute atomic E-state index is 12.2. The summed E-state index contributed by atoms with van der Waals surface area (Å²) in [4.78, 5) is 27.7. The monoisotopic (exact) mass is 337 g/mol. The van der Waals surface area contributed by atoms with Gasteiger partial charge in [-0.05, 0) is 38.5 Å². The zero-order valence-electron chi connectivity index (χ0n) is 13.2. The molecule has 0 saturated heterocycles. The predicted octanol–water partition coefficient (Wildman–Crippen LogP) is 3.40. The first-order valence-corrected chi connectivity index (χ1v) is 7.19. The number of ether oxygens (including phenoxy) is 2. The molecular weight excluding hydrogens is 322 g/mol. The van der Waals surface area contributed by atoms with Crippen molar-refractivity contribution in [1.82, 2.24) is 4.98 Å². The highest BCUT2D eigenvalue weighted by Crippen LogP contribution is 2.21. The van der Waals surface area contributed by atoms with Crippen LogP contribution < -0.4 is 0 Å². The fourth-order valence-corrected chi connectivity index (χ4v) is 2.53. The van der Waals surface area contributed by atoms with Crippen molar-refractivity contribution in [3.63, 3.8) is 0 Å². The SMILES string of the molecule is COC(=O)c1cc(COC(=O)c2c(C)cc(C)nc2Cl)oc1C. The second kappa shape index (κ2) is 6.83. The fourth-order valence-electron chi connectivity index (χ4n) is 2.17. The molecule has 0 aliphatic heterocycles. The number of carbonyl (C=O) groups is 2. The van der Waals surface area contributed by atoms with Crippen LogP contribution in [0.3, 0.4) is 0 Å². The summed E-state index contributed by atoms with van der Waals surface area (Å²) >= 11 is 6.00. The summed E-state index contributed by atoms with van der Waals surface area (Å²) < 4.78 is 15.2. The van der Waals surface area contributed by atoms with Crippen molar-refractivity contribution in [1.29, 1.82) is 0 Å². The summed E-state index contributed by atoms with van der Waals surface area (Å²) in [7, 11) is 1.28. The van der Waals surface area contributed by atoms with Gasteiger partial charge in [0.15, 0.2) is 0 Å². The Kier molecular flexibility index (Phi) is 5.05. The molecule has 23 heavy (non-hydrogen) atoms. The molecule has 0 radical (unpaired) electrons. The van der Waals surface area contributed by atoms with Gasteiger partial charge in [0.25, 0.3) is 0 Å². The van der Waals surface area contributed by atoms with Crippen LogP contribution >= 0.6 is 11.6 Å². The molecule has 2 aromatic rings. The van der Waals surface area contributed by atoms with Crippen molar-refractivity contribution in [2.24, 2.45) is 0 Å².